The quantitative estimate of drug-likeness (QED) is 0.369. The highest BCUT2D eigenvalue weighted by Gasteiger charge is 2.46. The Morgan fingerprint density at radius 3 is 2.57 bits per heavy atom. The van der Waals surface area contributed by atoms with Gasteiger partial charge in [0.1, 0.15) is 0 Å². The first-order valence-corrected chi connectivity index (χ1v) is 12.9. The maximum Gasteiger partial charge on any atom is 0.253 e. The lowest BCUT2D eigenvalue weighted by Crippen LogP contribution is -2.61. The molecule has 0 radical (unpaired) electrons. The van der Waals surface area contributed by atoms with E-state index in [1.165, 1.54) is 12.8 Å². The topological polar surface area (TPSA) is 70.1 Å². The first-order valence-electron chi connectivity index (χ1n) is 12.9. The Hall–Kier alpha value is -4.15. The molecule has 7 rings (SSSR count). The van der Waals surface area contributed by atoms with Gasteiger partial charge in [-0.2, -0.15) is 5.26 Å². The smallest absolute Gasteiger partial charge is 0.253 e. The molecule has 0 unspecified atom stereocenters. The predicted molar refractivity (Wildman–Crippen MR) is 141 cm³/mol. The van der Waals surface area contributed by atoms with Gasteiger partial charge in [-0.1, -0.05) is 12.1 Å². The van der Waals surface area contributed by atoms with E-state index in [0.717, 1.165) is 65.6 Å². The standard InChI is InChI=1S/C30H28N6O/c1-33-11-8-30(9-12-33)19-35(20-30)29(37)23-6-7-26-25(14-23)18-34-17-24(22-4-2-21(16-31)3-5-22)15-27(34)28-32-10-13-36(26)28/h2-7,10,13-15,17H,8-9,11-12,18-20H2,1H3. The Morgan fingerprint density at radius 1 is 1.03 bits per heavy atom. The molecular formula is C30H28N6O. The molecular weight excluding hydrogens is 460 g/mol. The molecule has 1 spiro atoms. The monoisotopic (exact) mass is 488 g/mol. The average Bonchev–Trinajstić information content (AvgIpc) is 3.53. The fourth-order valence-electron chi connectivity index (χ4n) is 6.17. The maximum absolute atomic E-state index is 13.4. The number of piperidine rings is 1. The molecule has 0 saturated carbocycles. The second-order valence-electron chi connectivity index (χ2n) is 10.9. The first kappa shape index (κ1) is 22.1. The number of benzene rings is 2. The number of hydrogen-bond acceptors (Lipinski definition) is 4. The van der Waals surface area contributed by atoms with E-state index < -0.39 is 0 Å². The Bertz CT molecular complexity index is 1550. The SMILES string of the molecule is CN1CCC2(CC1)CN(C(=O)c1ccc3c(c1)Cn1cc(-c4ccc(C#N)cc4)cc1-c1nccn1-3)C2. The van der Waals surface area contributed by atoms with E-state index in [0.29, 0.717) is 17.5 Å². The van der Waals surface area contributed by atoms with Crippen LogP contribution in [0, 0.1) is 16.7 Å². The second kappa shape index (κ2) is 8.19. The lowest BCUT2D eigenvalue weighted by atomic mass is 9.72. The van der Waals surface area contributed by atoms with Crippen molar-refractivity contribution in [3.8, 4) is 34.4 Å². The van der Waals surface area contributed by atoms with Crippen LogP contribution in [-0.4, -0.2) is 63.1 Å². The number of imidazole rings is 1. The molecule has 3 aliphatic rings. The highest BCUT2D eigenvalue weighted by Crippen LogP contribution is 2.41. The summed E-state index contributed by atoms with van der Waals surface area (Å²) in [6.45, 7) is 4.65. The molecule has 2 fully saturated rings. The molecule has 1 amide bonds. The van der Waals surface area contributed by atoms with Crippen LogP contribution in [0.3, 0.4) is 0 Å². The molecule has 0 bridgehead atoms. The third-order valence-corrected chi connectivity index (χ3v) is 8.43. The van der Waals surface area contributed by atoms with Crippen molar-refractivity contribution in [2.45, 2.75) is 19.4 Å². The molecule has 7 heteroatoms. The van der Waals surface area contributed by atoms with Crippen molar-refractivity contribution < 1.29 is 4.79 Å². The summed E-state index contributed by atoms with van der Waals surface area (Å²) >= 11 is 0. The Balaban J connectivity index is 1.19. The van der Waals surface area contributed by atoms with Gasteiger partial charge in [0.2, 0.25) is 0 Å². The minimum Gasteiger partial charge on any atom is -0.340 e. The van der Waals surface area contributed by atoms with Crippen molar-refractivity contribution in [2.75, 3.05) is 33.2 Å². The highest BCUT2D eigenvalue weighted by atomic mass is 16.2. The summed E-state index contributed by atoms with van der Waals surface area (Å²) in [5.74, 6) is 1.01. The van der Waals surface area contributed by atoms with Crippen LogP contribution in [-0.2, 0) is 6.54 Å². The summed E-state index contributed by atoms with van der Waals surface area (Å²) in [6, 6.07) is 18.1. The number of amides is 1. The number of rotatable bonds is 2. The van der Waals surface area contributed by atoms with Gasteiger partial charge >= 0.3 is 0 Å². The van der Waals surface area contributed by atoms with E-state index in [1.54, 1.807) is 0 Å². The summed E-state index contributed by atoms with van der Waals surface area (Å²) in [7, 11) is 2.18. The normalized spacial score (nSPS) is 17.8. The fraction of sp³-hybridized carbons (Fsp3) is 0.300. The zero-order chi connectivity index (χ0) is 25.1. The molecule has 2 aromatic heterocycles. The van der Waals surface area contributed by atoms with Crippen molar-refractivity contribution in [3.05, 3.63) is 83.8 Å². The molecule has 7 nitrogen and oxygen atoms in total. The molecule has 0 atom stereocenters. The van der Waals surface area contributed by atoms with Crippen molar-refractivity contribution in [1.29, 1.82) is 5.26 Å². The van der Waals surface area contributed by atoms with Crippen LogP contribution in [0.5, 0.6) is 0 Å². The number of carbonyl (C=O) groups excluding carboxylic acids is 1. The summed E-state index contributed by atoms with van der Waals surface area (Å²) in [6.07, 6.45) is 8.30. The number of likely N-dealkylation sites (tertiary alicyclic amines) is 2. The van der Waals surface area contributed by atoms with Gasteiger partial charge in [0.05, 0.1) is 23.0 Å². The van der Waals surface area contributed by atoms with E-state index in [9.17, 15) is 4.79 Å². The van der Waals surface area contributed by atoms with Gasteiger partial charge in [-0.25, -0.2) is 4.98 Å². The third kappa shape index (κ3) is 3.59. The van der Waals surface area contributed by atoms with Gasteiger partial charge in [0.25, 0.3) is 5.91 Å². The van der Waals surface area contributed by atoms with Gasteiger partial charge in [-0.05, 0) is 80.5 Å². The molecule has 0 N–H and O–H groups in total. The largest absolute Gasteiger partial charge is 0.340 e. The zero-order valence-electron chi connectivity index (χ0n) is 20.9. The van der Waals surface area contributed by atoms with Crippen LogP contribution in [0.4, 0.5) is 0 Å². The molecule has 5 heterocycles. The molecule has 2 aromatic carbocycles. The zero-order valence-corrected chi connectivity index (χ0v) is 20.9. The minimum atomic E-state index is 0.133. The number of aromatic nitrogens is 3. The molecule has 0 aliphatic carbocycles. The van der Waals surface area contributed by atoms with E-state index in [1.807, 2.05) is 47.6 Å². The van der Waals surface area contributed by atoms with E-state index in [2.05, 4.69) is 56.5 Å². The number of hydrogen-bond donors (Lipinski definition) is 0. The van der Waals surface area contributed by atoms with Gasteiger partial charge in [-0.15, -0.1) is 0 Å². The van der Waals surface area contributed by atoms with Crippen molar-refractivity contribution in [1.82, 2.24) is 23.9 Å². The number of nitrogens with zero attached hydrogens (tertiary/aromatic N) is 6. The second-order valence-corrected chi connectivity index (χ2v) is 10.9. The summed E-state index contributed by atoms with van der Waals surface area (Å²) in [4.78, 5) is 22.5. The third-order valence-electron chi connectivity index (χ3n) is 8.43. The molecule has 2 saturated heterocycles. The summed E-state index contributed by atoms with van der Waals surface area (Å²) < 4.78 is 4.33. The Labute approximate surface area is 216 Å². The van der Waals surface area contributed by atoms with Crippen LogP contribution in [0.25, 0.3) is 28.3 Å². The highest BCUT2D eigenvalue weighted by molar-refractivity contribution is 5.95. The number of carbonyl (C=O) groups is 1. The van der Waals surface area contributed by atoms with Gasteiger partial charge < -0.3 is 14.4 Å². The Morgan fingerprint density at radius 2 is 1.81 bits per heavy atom. The van der Waals surface area contributed by atoms with Gasteiger partial charge in [0, 0.05) is 54.8 Å². The predicted octanol–water partition coefficient (Wildman–Crippen LogP) is 4.41. The van der Waals surface area contributed by atoms with Crippen LogP contribution in [0.15, 0.2) is 67.1 Å². The van der Waals surface area contributed by atoms with Crippen LogP contribution >= 0.6 is 0 Å². The fourth-order valence-corrected chi connectivity index (χ4v) is 6.17. The van der Waals surface area contributed by atoms with E-state index >= 15 is 0 Å². The van der Waals surface area contributed by atoms with Crippen molar-refractivity contribution in [3.63, 3.8) is 0 Å². The first-order chi connectivity index (χ1) is 18.0. The minimum absolute atomic E-state index is 0.133. The van der Waals surface area contributed by atoms with Crippen molar-refractivity contribution >= 4 is 5.91 Å². The molecule has 37 heavy (non-hydrogen) atoms. The van der Waals surface area contributed by atoms with E-state index in [4.69, 9.17) is 5.26 Å². The lowest BCUT2D eigenvalue weighted by Gasteiger charge is -2.53. The summed E-state index contributed by atoms with van der Waals surface area (Å²) in [5.41, 5.74) is 7.04. The van der Waals surface area contributed by atoms with Crippen LogP contribution in [0.2, 0.25) is 0 Å². The van der Waals surface area contributed by atoms with Gasteiger partial charge in [-0.3, -0.25) is 9.36 Å². The number of fused-ring (bicyclic) bond motifs is 5. The van der Waals surface area contributed by atoms with Crippen LogP contribution < -0.4 is 0 Å². The maximum atomic E-state index is 13.4. The average molecular weight is 489 g/mol. The number of nitriles is 1. The van der Waals surface area contributed by atoms with E-state index in [-0.39, 0.29) is 5.91 Å². The van der Waals surface area contributed by atoms with Crippen LogP contribution in [0.1, 0.15) is 34.3 Å². The van der Waals surface area contributed by atoms with Gasteiger partial charge in [0.15, 0.2) is 5.82 Å². The molecule has 4 aromatic rings. The Kier molecular flexibility index (Phi) is 4.89. The summed E-state index contributed by atoms with van der Waals surface area (Å²) in [5, 5.41) is 9.14. The van der Waals surface area contributed by atoms with Crippen molar-refractivity contribution in [2.24, 2.45) is 5.41 Å². The lowest BCUT2D eigenvalue weighted by molar-refractivity contribution is -0.0283. The molecule has 3 aliphatic heterocycles. The molecule has 184 valence electrons.